The van der Waals surface area contributed by atoms with Gasteiger partial charge >= 0.3 is 0 Å². The monoisotopic (exact) mass is 471 g/mol. The van der Waals surface area contributed by atoms with Crippen LogP contribution in [0.5, 0.6) is 5.75 Å². The number of pyridine rings is 1. The highest BCUT2D eigenvalue weighted by Gasteiger charge is 2.47. The summed E-state index contributed by atoms with van der Waals surface area (Å²) in [5.41, 5.74) is 1.11. The molecule has 2 N–H and O–H groups in total. The van der Waals surface area contributed by atoms with Gasteiger partial charge in [-0.1, -0.05) is 12.8 Å². The first-order valence-electron chi connectivity index (χ1n) is 11.8. The van der Waals surface area contributed by atoms with Crippen molar-refractivity contribution in [2.45, 2.75) is 50.7 Å². The van der Waals surface area contributed by atoms with Crippen LogP contribution in [0.1, 0.15) is 38.5 Å². The second-order valence-electron chi connectivity index (χ2n) is 9.17. The van der Waals surface area contributed by atoms with Gasteiger partial charge in [0, 0.05) is 38.1 Å². The smallest absolute Gasteiger partial charge is 0.269 e. The quantitative estimate of drug-likeness (QED) is 0.687. The number of hydrogen-bond donors (Lipinski definition) is 2. The summed E-state index contributed by atoms with van der Waals surface area (Å²) in [7, 11) is 0. The molecule has 2 aromatic rings. The molecule has 0 bridgehead atoms. The zero-order chi connectivity index (χ0) is 21.5. The van der Waals surface area contributed by atoms with Crippen LogP contribution in [0.4, 0.5) is 23.3 Å². The third kappa shape index (κ3) is 4.44. The largest absolute Gasteiger partial charge is 0.475 e. The number of halogens is 1. The van der Waals surface area contributed by atoms with E-state index in [4.69, 9.17) is 9.72 Å². The van der Waals surface area contributed by atoms with E-state index in [1.54, 1.807) is 6.20 Å². The molecular formula is C23H30ClN7O2. The van der Waals surface area contributed by atoms with Gasteiger partial charge in [-0.25, -0.2) is 9.97 Å². The van der Waals surface area contributed by atoms with Crippen LogP contribution in [-0.2, 0) is 4.79 Å². The molecule has 1 atom stereocenters. The molecule has 2 aromatic heterocycles. The molecule has 10 heteroatoms. The lowest BCUT2D eigenvalue weighted by Gasteiger charge is -2.37. The predicted octanol–water partition coefficient (Wildman–Crippen LogP) is 2.89. The van der Waals surface area contributed by atoms with Gasteiger partial charge in [0.2, 0.25) is 5.95 Å². The maximum atomic E-state index is 13.3. The SMILES string of the molecule is Cl.O=C1C(C2CC2)Oc2cnc(Nc3ccc(N4CCNCC4)cn3)nc2N1C1CCCC1. The number of hydrogen-bond acceptors (Lipinski definition) is 8. The molecule has 1 saturated heterocycles. The summed E-state index contributed by atoms with van der Waals surface area (Å²) in [5, 5.41) is 6.56. The standard InChI is InChI=1S/C23H29N7O2.ClH/c31-22-20(15-5-6-15)32-18-14-26-23(28-21(18)30(22)16-3-1-2-4-16)27-19-8-7-17(13-25-19)29-11-9-24-10-12-29;/h7-8,13-16,20,24H,1-6,9-12H2,(H,25,26,27,28);1H. The summed E-state index contributed by atoms with van der Waals surface area (Å²) >= 11 is 0. The van der Waals surface area contributed by atoms with E-state index in [0.717, 1.165) is 70.4 Å². The number of aromatic nitrogens is 3. The van der Waals surface area contributed by atoms with E-state index >= 15 is 0 Å². The summed E-state index contributed by atoms with van der Waals surface area (Å²) in [4.78, 5) is 31.3. The Morgan fingerprint density at radius 3 is 2.52 bits per heavy atom. The van der Waals surface area contributed by atoms with E-state index in [1.165, 1.54) is 0 Å². The molecule has 0 aromatic carbocycles. The number of carbonyl (C=O) groups is 1. The first-order chi connectivity index (χ1) is 15.8. The summed E-state index contributed by atoms with van der Waals surface area (Å²) in [6.07, 6.45) is 9.64. The van der Waals surface area contributed by atoms with Gasteiger partial charge in [0.05, 0.1) is 18.1 Å². The molecule has 33 heavy (non-hydrogen) atoms. The Morgan fingerprint density at radius 1 is 1.03 bits per heavy atom. The van der Waals surface area contributed by atoms with Gasteiger partial charge in [0.1, 0.15) is 5.82 Å². The lowest BCUT2D eigenvalue weighted by atomic mass is 10.1. The number of anilines is 4. The Balaban J connectivity index is 0.00000228. The van der Waals surface area contributed by atoms with Crippen molar-refractivity contribution in [3.8, 4) is 5.75 Å². The van der Waals surface area contributed by atoms with Gasteiger partial charge in [-0.3, -0.25) is 9.69 Å². The fraction of sp³-hybridized carbons (Fsp3) is 0.565. The Morgan fingerprint density at radius 2 is 1.82 bits per heavy atom. The van der Waals surface area contributed by atoms with Crippen molar-refractivity contribution in [3.63, 3.8) is 0 Å². The molecule has 0 radical (unpaired) electrons. The van der Waals surface area contributed by atoms with Crippen molar-refractivity contribution < 1.29 is 9.53 Å². The molecule has 6 rings (SSSR count). The molecule has 9 nitrogen and oxygen atoms in total. The topological polar surface area (TPSA) is 95.5 Å². The minimum Gasteiger partial charge on any atom is -0.475 e. The van der Waals surface area contributed by atoms with Gasteiger partial charge in [0.15, 0.2) is 17.7 Å². The minimum absolute atomic E-state index is 0. The summed E-state index contributed by atoms with van der Waals surface area (Å²) in [6, 6.07) is 4.21. The lowest BCUT2D eigenvalue weighted by molar-refractivity contribution is -0.127. The summed E-state index contributed by atoms with van der Waals surface area (Å²) < 4.78 is 6.08. The molecule has 3 fully saturated rings. The van der Waals surface area contributed by atoms with Crippen molar-refractivity contribution >= 4 is 41.6 Å². The molecule has 1 amide bonds. The van der Waals surface area contributed by atoms with Gasteiger partial charge in [-0.05, 0) is 37.8 Å². The Labute approximate surface area is 199 Å². The molecule has 2 aliphatic carbocycles. The van der Waals surface area contributed by atoms with Gasteiger partial charge in [-0.2, -0.15) is 4.98 Å². The van der Waals surface area contributed by atoms with Crippen LogP contribution < -0.4 is 25.2 Å². The zero-order valence-corrected chi connectivity index (χ0v) is 19.4. The fourth-order valence-corrected chi connectivity index (χ4v) is 5.00. The fourth-order valence-electron chi connectivity index (χ4n) is 5.00. The normalized spacial score (nSPS) is 23.0. The van der Waals surface area contributed by atoms with Gasteiger partial charge in [0.25, 0.3) is 5.91 Å². The highest BCUT2D eigenvalue weighted by atomic mass is 35.5. The number of nitrogens with zero attached hydrogens (tertiary/aromatic N) is 5. The highest BCUT2D eigenvalue weighted by Crippen LogP contribution is 2.44. The third-order valence-electron chi connectivity index (χ3n) is 6.91. The molecule has 1 unspecified atom stereocenters. The molecule has 176 valence electrons. The Hall–Kier alpha value is -2.65. The van der Waals surface area contributed by atoms with Crippen LogP contribution >= 0.6 is 12.4 Å². The van der Waals surface area contributed by atoms with E-state index < -0.39 is 0 Å². The Kier molecular flexibility index (Phi) is 6.25. The zero-order valence-electron chi connectivity index (χ0n) is 18.6. The summed E-state index contributed by atoms with van der Waals surface area (Å²) in [6.45, 7) is 3.94. The highest BCUT2D eigenvalue weighted by molar-refractivity contribution is 6.00. The van der Waals surface area contributed by atoms with E-state index in [1.807, 2.05) is 17.2 Å². The minimum atomic E-state index is -0.385. The number of fused-ring (bicyclic) bond motifs is 1. The van der Waals surface area contributed by atoms with Crippen LogP contribution in [0, 0.1) is 5.92 Å². The molecule has 0 spiro atoms. The van der Waals surface area contributed by atoms with Crippen LogP contribution in [0.2, 0.25) is 0 Å². The number of nitrogens with one attached hydrogen (secondary N) is 2. The number of ether oxygens (including phenoxy) is 1. The van der Waals surface area contributed by atoms with Crippen molar-refractivity contribution in [1.29, 1.82) is 0 Å². The van der Waals surface area contributed by atoms with E-state index in [0.29, 0.717) is 29.3 Å². The molecule has 2 aliphatic heterocycles. The molecule has 2 saturated carbocycles. The molecule has 4 aliphatic rings. The Bertz CT molecular complexity index is 989. The number of rotatable bonds is 5. The van der Waals surface area contributed by atoms with E-state index in [-0.39, 0.29) is 30.5 Å². The van der Waals surface area contributed by atoms with Crippen LogP contribution in [-0.4, -0.2) is 59.2 Å². The lowest BCUT2D eigenvalue weighted by Crippen LogP contribution is -2.51. The van der Waals surface area contributed by atoms with Crippen LogP contribution in [0.15, 0.2) is 24.5 Å². The maximum Gasteiger partial charge on any atom is 0.269 e. The van der Waals surface area contributed by atoms with E-state index in [2.05, 4.69) is 31.6 Å². The van der Waals surface area contributed by atoms with E-state index in [9.17, 15) is 4.79 Å². The number of amides is 1. The van der Waals surface area contributed by atoms with Crippen LogP contribution in [0.3, 0.4) is 0 Å². The van der Waals surface area contributed by atoms with Gasteiger partial charge in [-0.15, -0.1) is 12.4 Å². The van der Waals surface area contributed by atoms with Crippen molar-refractivity contribution in [3.05, 3.63) is 24.5 Å². The maximum absolute atomic E-state index is 13.3. The first kappa shape index (κ1) is 22.2. The molecular weight excluding hydrogens is 442 g/mol. The van der Waals surface area contributed by atoms with Gasteiger partial charge < -0.3 is 20.3 Å². The second-order valence-corrected chi connectivity index (χ2v) is 9.17. The first-order valence-corrected chi connectivity index (χ1v) is 11.8. The summed E-state index contributed by atoms with van der Waals surface area (Å²) in [5.74, 6) is 2.70. The average molecular weight is 472 g/mol. The van der Waals surface area contributed by atoms with Crippen molar-refractivity contribution in [1.82, 2.24) is 20.3 Å². The third-order valence-corrected chi connectivity index (χ3v) is 6.91. The molecule has 4 heterocycles. The average Bonchev–Trinajstić information content (AvgIpc) is 3.54. The van der Waals surface area contributed by atoms with Crippen molar-refractivity contribution in [2.24, 2.45) is 5.92 Å². The van der Waals surface area contributed by atoms with Crippen LogP contribution in [0.25, 0.3) is 0 Å². The number of carbonyl (C=O) groups excluding carboxylic acids is 1. The second kappa shape index (κ2) is 9.30. The van der Waals surface area contributed by atoms with Crippen molar-refractivity contribution in [2.75, 3.05) is 41.3 Å². The number of piperazine rings is 1. The predicted molar refractivity (Wildman–Crippen MR) is 129 cm³/mol.